The Kier molecular flexibility index (Phi) is 4.04. The lowest BCUT2D eigenvalue weighted by Gasteiger charge is -2.12. The number of hydrogen-bond acceptors (Lipinski definition) is 3. The fraction of sp³-hybridized carbons (Fsp3) is 0.545. The van der Waals surface area contributed by atoms with Crippen LogP contribution in [0.5, 0.6) is 0 Å². The van der Waals surface area contributed by atoms with E-state index in [-0.39, 0.29) is 12.1 Å². The number of aromatic nitrogens is 1. The maximum absolute atomic E-state index is 5.90. The first-order chi connectivity index (χ1) is 6.69. The average Bonchev–Trinajstić information content (AvgIpc) is 2.27. The topological polar surface area (TPSA) is 64.9 Å². The van der Waals surface area contributed by atoms with Gasteiger partial charge in [0.15, 0.2) is 0 Å². The van der Waals surface area contributed by atoms with Crippen molar-refractivity contribution in [3.63, 3.8) is 0 Å². The first-order valence-corrected chi connectivity index (χ1v) is 5.17. The number of nitrogens with zero attached hydrogens (tertiary/aromatic N) is 1. The van der Waals surface area contributed by atoms with Crippen LogP contribution in [-0.2, 0) is 0 Å². The van der Waals surface area contributed by atoms with Crippen molar-refractivity contribution in [1.82, 2.24) is 4.98 Å². The van der Waals surface area contributed by atoms with Gasteiger partial charge in [0.1, 0.15) is 0 Å². The van der Waals surface area contributed by atoms with Crippen LogP contribution in [0.4, 0.5) is 0 Å². The molecule has 1 aromatic heterocycles. The van der Waals surface area contributed by atoms with Crippen molar-refractivity contribution < 1.29 is 0 Å². The van der Waals surface area contributed by atoms with Crippen molar-refractivity contribution >= 4 is 0 Å². The van der Waals surface area contributed by atoms with Crippen LogP contribution in [-0.4, -0.2) is 4.98 Å². The van der Waals surface area contributed by atoms with Gasteiger partial charge in [-0.15, -0.1) is 0 Å². The summed E-state index contributed by atoms with van der Waals surface area (Å²) in [6.07, 6.45) is 1.80. The Morgan fingerprint density at radius 3 is 1.86 bits per heavy atom. The molecule has 0 aliphatic rings. The van der Waals surface area contributed by atoms with Crippen LogP contribution < -0.4 is 11.5 Å². The van der Waals surface area contributed by atoms with E-state index in [1.54, 1.807) is 0 Å². The molecule has 0 radical (unpaired) electrons. The van der Waals surface area contributed by atoms with Crippen molar-refractivity contribution in [3.8, 4) is 0 Å². The van der Waals surface area contributed by atoms with Crippen LogP contribution in [0.2, 0.25) is 0 Å². The smallest absolute Gasteiger partial charge is 0.0574 e. The molecular weight excluding hydrogens is 174 g/mol. The molecule has 0 bridgehead atoms. The van der Waals surface area contributed by atoms with Gasteiger partial charge >= 0.3 is 0 Å². The quantitative estimate of drug-likeness (QED) is 0.767. The first kappa shape index (κ1) is 11.1. The zero-order valence-electron chi connectivity index (χ0n) is 8.90. The minimum absolute atomic E-state index is 0.0269. The molecule has 2 atom stereocenters. The Morgan fingerprint density at radius 1 is 1.07 bits per heavy atom. The van der Waals surface area contributed by atoms with Gasteiger partial charge in [0.2, 0.25) is 0 Å². The first-order valence-electron chi connectivity index (χ1n) is 5.17. The van der Waals surface area contributed by atoms with E-state index in [4.69, 9.17) is 11.5 Å². The molecule has 0 saturated heterocycles. The maximum atomic E-state index is 5.90. The van der Waals surface area contributed by atoms with E-state index in [1.165, 1.54) is 0 Å². The van der Waals surface area contributed by atoms with E-state index >= 15 is 0 Å². The largest absolute Gasteiger partial charge is 0.323 e. The average molecular weight is 193 g/mol. The second-order valence-corrected chi connectivity index (χ2v) is 3.52. The summed E-state index contributed by atoms with van der Waals surface area (Å²) in [7, 11) is 0. The normalized spacial score (nSPS) is 15.1. The van der Waals surface area contributed by atoms with Gasteiger partial charge in [0, 0.05) is 12.1 Å². The van der Waals surface area contributed by atoms with E-state index in [1.807, 2.05) is 18.2 Å². The third-order valence-electron chi connectivity index (χ3n) is 2.43. The molecule has 1 aromatic rings. The van der Waals surface area contributed by atoms with Gasteiger partial charge in [-0.25, -0.2) is 0 Å². The predicted molar refractivity (Wildman–Crippen MR) is 58.7 cm³/mol. The standard InChI is InChI=1S/C11H19N3/c1-3-8(12)10-6-5-7-11(14-10)9(13)4-2/h5-9H,3-4,12-13H2,1-2H3. The maximum Gasteiger partial charge on any atom is 0.0574 e. The molecule has 0 fully saturated rings. The van der Waals surface area contributed by atoms with Crippen molar-refractivity contribution in [1.29, 1.82) is 0 Å². The van der Waals surface area contributed by atoms with Gasteiger partial charge in [-0.1, -0.05) is 19.9 Å². The zero-order chi connectivity index (χ0) is 10.6. The van der Waals surface area contributed by atoms with Crippen LogP contribution in [0.25, 0.3) is 0 Å². The van der Waals surface area contributed by atoms with Crippen molar-refractivity contribution in [3.05, 3.63) is 29.6 Å². The summed E-state index contributed by atoms with van der Waals surface area (Å²) in [6, 6.07) is 5.95. The van der Waals surface area contributed by atoms with Gasteiger partial charge < -0.3 is 11.5 Å². The minimum Gasteiger partial charge on any atom is -0.323 e. The van der Waals surface area contributed by atoms with Gasteiger partial charge in [0.25, 0.3) is 0 Å². The van der Waals surface area contributed by atoms with Crippen LogP contribution in [0.1, 0.15) is 50.2 Å². The zero-order valence-corrected chi connectivity index (χ0v) is 8.90. The molecule has 0 aromatic carbocycles. The lowest BCUT2D eigenvalue weighted by Crippen LogP contribution is -2.15. The van der Waals surface area contributed by atoms with Crippen LogP contribution in [0.15, 0.2) is 18.2 Å². The summed E-state index contributed by atoms with van der Waals surface area (Å²) in [5.41, 5.74) is 13.7. The molecule has 14 heavy (non-hydrogen) atoms. The molecule has 2 unspecified atom stereocenters. The summed E-state index contributed by atoms with van der Waals surface area (Å²) in [5, 5.41) is 0. The lowest BCUT2D eigenvalue weighted by atomic mass is 10.1. The van der Waals surface area contributed by atoms with Gasteiger partial charge in [-0.2, -0.15) is 0 Å². The Bertz CT molecular complexity index is 260. The number of nitrogens with two attached hydrogens (primary N) is 2. The molecule has 78 valence electrons. The number of pyridine rings is 1. The van der Waals surface area contributed by atoms with E-state index in [9.17, 15) is 0 Å². The molecule has 0 amide bonds. The number of hydrogen-bond donors (Lipinski definition) is 2. The highest BCUT2D eigenvalue weighted by Gasteiger charge is 2.08. The third-order valence-corrected chi connectivity index (χ3v) is 2.43. The predicted octanol–water partition coefficient (Wildman–Crippen LogP) is 1.90. The van der Waals surface area contributed by atoms with Crippen molar-refractivity contribution in [2.75, 3.05) is 0 Å². The van der Waals surface area contributed by atoms with Gasteiger partial charge in [-0.05, 0) is 25.0 Å². The highest BCUT2D eigenvalue weighted by atomic mass is 14.8. The van der Waals surface area contributed by atoms with Crippen molar-refractivity contribution in [2.24, 2.45) is 11.5 Å². The molecule has 1 heterocycles. The van der Waals surface area contributed by atoms with Crippen LogP contribution >= 0.6 is 0 Å². The van der Waals surface area contributed by atoms with Gasteiger partial charge in [0.05, 0.1) is 11.4 Å². The van der Waals surface area contributed by atoms with E-state index in [0.29, 0.717) is 0 Å². The van der Waals surface area contributed by atoms with Crippen LogP contribution in [0.3, 0.4) is 0 Å². The Balaban J connectivity index is 2.89. The molecule has 1 rings (SSSR count). The molecule has 0 aliphatic carbocycles. The molecule has 3 heteroatoms. The highest BCUT2D eigenvalue weighted by molar-refractivity contribution is 5.16. The van der Waals surface area contributed by atoms with Crippen LogP contribution in [0, 0.1) is 0 Å². The van der Waals surface area contributed by atoms with Gasteiger partial charge in [-0.3, -0.25) is 4.98 Å². The molecule has 0 aliphatic heterocycles. The Hall–Kier alpha value is -0.930. The fourth-order valence-corrected chi connectivity index (χ4v) is 1.30. The van der Waals surface area contributed by atoms with E-state index < -0.39 is 0 Å². The second-order valence-electron chi connectivity index (χ2n) is 3.52. The molecule has 3 nitrogen and oxygen atoms in total. The van der Waals surface area contributed by atoms with E-state index in [2.05, 4.69) is 18.8 Å². The summed E-state index contributed by atoms with van der Waals surface area (Å²) >= 11 is 0. The highest BCUT2D eigenvalue weighted by Crippen LogP contribution is 2.15. The fourth-order valence-electron chi connectivity index (χ4n) is 1.30. The molecule has 4 N–H and O–H groups in total. The monoisotopic (exact) mass is 193 g/mol. The lowest BCUT2D eigenvalue weighted by molar-refractivity contribution is 0.637. The van der Waals surface area contributed by atoms with E-state index in [0.717, 1.165) is 24.2 Å². The summed E-state index contributed by atoms with van der Waals surface area (Å²) < 4.78 is 0. The summed E-state index contributed by atoms with van der Waals surface area (Å²) in [5.74, 6) is 0. The second kappa shape index (κ2) is 5.08. The molecule has 0 spiro atoms. The summed E-state index contributed by atoms with van der Waals surface area (Å²) in [6.45, 7) is 4.11. The third kappa shape index (κ3) is 2.53. The number of rotatable bonds is 4. The Labute approximate surface area is 85.5 Å². The Morgan fingerprint density at radius 2 is 1.50 bits per heavy atom. The van der Waals surface area contributed by atoms with Crippen molar-refractivity contribution in [2.45, 2.75) is 38.8 Å². The molecular formula is C11H19N3. The minimum atomic E-state index is 0.0269. The summed E-state index contributed by atoms with van der Waals surface area (Å²) in [4.78, 5) is 4.46. The SMILES string of the molecule is CCC(N)c1cccc(C(N)CC)n1. The molecule has 0 saturated carbocycles.